The Morgan fingerprint density at radius 2 is 2.07 bits per heavy atom. The third-order valence-corrected chi connectivity index (χ3v) is 4.21. The van der Waals surface area contributed by atoms with Gasteiger partial charge in [-0.15, -0.1) is 0 Å². The molecule has 1 fully saturated rings. The van der Waals surface area contributed by atoms with Crippen molar-refractivity contribution in [3.63, 3.8) is 0 Å². The molecule has 0 spiro atoms. The number of hydrogen-bond acceptors (Lipinski definition) is 7. The number of ether oxygens (including phenoxy) is 1. The number of benzene rings is 1. The van der Waals surface area contributed by atoms with Gasteiger partial charge in [0.05, 0.1) is 12.0 Å². The molecule has 1 saturated carbocycles. The van der Waals surface area contributed by atoms with Gasteiger partial charge in [0.2, 0.25) is 5.95 Å². The van der Waals surface area contributed by atoms with Gasteiger partial charge in [-0.1, -0.05) is 0 Å². The highest BCUT2D eigenvalue weighted by atomic mass is 19.3. The van der Waals surface area contributed by atoms with Crippen LogP contribution in [0.3, 0.4) is 0 Å². The largest absolute Gasteiger partial charge is 0.482 e. The molecule has 10 heteroatoms. The Morgan fingerprint density at radius 1 is 1.22 bits per heavy atom. The zero-order valence-electron chi connectivity index (χ0n) is 13.8. The number of furan rings is 1. The maximum atomic E-state index is 13.3. The lowest BCUT2D eigenvalue weighted by Crippen LogP contribution is -2.43. The molecule has 3 N–H and O–H groups in total. The van der Waals surface area contributed by atoms with Gasteiger partial charge in [-0.3, -0.25) is 4.79 Å². The second kappa shape index (κ2) is 5.53. The number of carbonyl (C=O) groups is 1. The van der Waals surface area contributed by atoms with Gasteiger partial charge < -0.3 is 25.1 Å². The van der Waals surface area contributed by atoms with Crippen LogP contribution in [0.4, 0.5) is 31.9 Å². The van der Waals surface area contributed by atoms with Crippen molar-refractivity contribution in [2.45, 2.75) is 25.0 Å². The van der Waals surface area contributed by atoms with E-state index in [-0.39, 0.29) is 11.4 Å². The van der Waals surface area contributed by atoms with E-state index in [1.54, 1.807) is 6.07 Å². The number of nitrogens with one attached hydrogen (secondary N) is 3. The highest BCUT2D eigenvalue weighted by Crippen LogP contribution is 2.37. The minimum absolute atomic E-state index is 0.118. The average molecular weight is 373 g/mol. The molecule has 0 bridgehead atoms. The fraction of sp³-hybridized carbons (Fsp3) is 0.235. The Balaban J connectivity index is 1.45. The van der Waals surface area contributed by atoms with Crippen LogP contribution >= 0.6 is 0 Å². The Labute approximate surface area is 150 Å². The predicted molar refractivity (Wildman–Crippen MR) is 92.4 cm³/mol. The van der Waals surface area contributed by atoms with Crippen LogP contribution in [0.25, 0.3) is 11.1 Å². The smallest absolute Gasteiger partial charge is 0.459 e. The maximum Gasteiger partial charge on any atom is 0.482 e. The number of rotatable bonds is 4. The number of alkyl halides is 2. The van der Waals surface area contributed by atoms with Crippen LogP contribution in [-0.4, -0.2) is 28.0 Å². The van der Waals surface area contributed by atoms with E-state index in [4.69, 9.17) is 4.42 Å². The van der Waals surface area contributed by atoms with Gasteiger partial charge in [-0.2, -0.15) is 13.8 Å². The van der Waals surface area contributed by atoms with Crippen molar-refractivity contribution in [1.82, 2.24) is 9.97 Å². The highest BCUT2D eigenvalue weighted by Gasteiger charge is 2.46. The van der Waals surface area contributed by atoms with Gasteiger partial charge in [0.25, 0.3) is 0 Å². The Kier molecular flexibility index (Phi) is 3.24. The fourth-order valence-electron chi connectivity index (χ4n) is 2.74. The molecule has 27 heavy (non-hydrogen) atoms. The number of nitrogens with zero attached hydrogens (tertiary/aromatic N) is 2. The minimum atomic E-state index is -3.89. The summed E-state index contributed by atoms with van der Waals surface area (Å²) < 4.78 is 36.5. The molecular weight excluding hydrogens is 360 g/mol. The van der Waals surface area contributed by atoms with E-state index >= 15 is 0 Å². The molecule has 0 radical (unpaired) electrons. The normalized spacial score (nSPS) is 17.8. The zero-order valence-corrected chi connectivity index (χ0v) is 13.8. The summed E-state index contributed by atoms with van der Waals surface area (Å²) in [6, 6.07) is 6.44. The van der Waals surface area contributed by atoms with Crippen molar-refractivity contribution >= 4 is 40.1 Å². The number of amides is 1. The average Bonchev–Trinajstić information content (AvgIpc) is 3.30. The number of aromatic nitrogens is 2. The van der Waals surface area contributed by atoms with Crippen LogP contribution in [-0.2, 0) is 4.79 Å². The van der Waals surface area contributed by atoms with Crippen molar-refractivity contribution in [2.75, 3.05) is 16.0 Å². The monoisotopic (exact) mass is 373 g/mol. The SMILES string of the molecule is O=C1Nc2cc(Nc3nc(NC4CC4)c4occc4n3)ccc2OC1(F)F. The van der Waals surface area contributed by atoms with Gasteiger partial charge >= 0.3 is 12.0 Å². The summed E-state index contributed by atoms with van der Waals surface area (Å²) in [5, 5.41) is 8.42. The van der Waals surface area contributed by atoms with E-state index in [1.807, 2.05) is 0 Å². The summed E-state index contributed by atoms with van der Waals surface area (Å²) in [5.74, 6) is -0.740. The van der Waals surface area contributed by atoms with Gasteiger partial charge in [0, 0.05) is 17.8 Å². The molecule has 3 aromatic rings. The van der Waals surface area contributed by atoms with Crippen molar-refractivity contribution < 1.29 is 22.7 Å². The van der Waals surface area contributed by atoms with Gasteiger partial charge in [0.1, 0.15) is 5.52 Å². The molecule has 0 atom stereocenters. The molecular formula is C17H13F2N5O3. The van der Waals surface area contributed by atoms with E-state index in [0.29, 0.717) is 34.6 Å². The fourth-order valence-corrected chi connectivity index (χ4v) is 2.74. The van der Waals surface area contributed by atoms with E-state index < -0.39 is 12.0 Å². The molecule has 138 valence electrons. The molecule has 2 aromatic heterocycles. The van der Waals surface area contributed by atoms with E-state index in [1.165, 1.54) is 24.5 Å². The van der Waals surface area contributed by atoms with Crippen LogP contribution in [0.2, 0.25) is 0 Å². The Bertz CT molecular complexity index is 1060. The second-order valence-electron chi connectivity index (χ2n) is 6.36. The lowest BCUT2D eigenvalue weighted by Gasteiger charge is -2.25. The minimum Gasteiger partial charge on any atom is -0.459 e. The predicted octanol–water partition coefficient (Wildman–Crippen LogP) is 3.46. The molecule has 1 amide bonds. The number of fused-ring (bicyclic) bond motifs is 2. The van der Waals surface area contributed by atoms with Gasteiger partial charge in [-0.05, 0) is 31.0 Å². The van der Waals surface area contributed by atoms with Crippen LogP contribution < -0.4 is 20.7 Å². The maximum absolute atomic E-state index is 13.3. The topological polar surface area (TPSA) is 101 Å². The van der Waals surface area contributed by atoms with Gasteiger partial charge in [-0.25, -0.2) is 4.98 Å². The second-order valence-corrected chi connectivity index (χ2v) is 6.36. The van der Waals surface area contributed by atoms with Gasteiger partial charge in [0.15, 0.2) is 17.2 Å². The van der Waals surface area contributed by atoms with Crippen LogP contribution in [0, 0.1) is 0 Å². The highest BCUT2D eigenvalue weighted by molar-refractivity contribution is 5.99. The molecule has 0 saturated heterocycles. The Morgan fingerprint density at radius 3 is 2.89 bits per heavy atom. The summed E-state index contributed by atoms with van der Waals surface area (Å²) in [7, 11) is 0. The lowest BCUT2D eigenvalue weighted by molar-refractivity contribution is -0.189. The lowest BCUT2D eigenvalue weighted by atomic mass is 10.2. The molecule has 1 aromatic carbocycles. The number of anilines is 4. The van der Waals surface area contributed by atoms with E-state index in [2.05, 4.69) is 30.7 Å². The summed E-state index contributed by atoms with van der Waals surface area (Å²) in [5.41, 5.74) is 1.84. The summed E-state index contributed by atoms with van der Waals surface area (Å²) in [6.07, 6.45) is -0.206. The third kappa shape index (κ3) is 2.88. The summed E-state index contributed by atoms with van der Waals surface area (Å²) in [4.78, 5) is 20.2. The number of carbonyl (C=O) groups excluding carboxylic acids is 1. The van der Waals surface area contributed by atoms with Crippen LogP contribution in [0.5, 0.6) is 5.75 Å². The van der Waals surface area contributed by atoms with Crippen molar-refractivity contribution in [3.8, 4) is 5.75 Å². The molecule has 5 rings (SSSR count). The molecule has 8 nitrogen and oxygen atoms in total. The molecule has 1 aliphatic heterocycles. The van der Waals surface area contributed by atoms with E-state index in [0.717, 1.165) is 12.8 Å². The van der Waals surface area contributed by atoms with Crippen molar-refractivity contribution in [1.29, 1.82) is 0 Å². The van der Waals surface area contributed by atoms with Crippen LogP contribution in [0.15, 0.2) is 34.9 Å². The molecule has 1 aliphatic carbocycles. The quantitative estimate of drug-likeness (QED) is 0.644. The Hall–Kier alpha value is -3.43. The molecule has 3 heterocycles. The third-order valence-electron chi connectivity index (χ3n) is 4.21. The van der Waals surface area contributed by atoms with Crippen molar-refractivity contribution in [3.05, 3.63) is 30.5 Å². The van der Waals surface area contributed by atoms with Crippen molar-refractivity contribution in [2.24, 2.45) is 0 Å². The summed E-state index contributed by atoms with van der Waals surface area (Å²) in [6.45, 7) is 0. The first-order valence-electron chi connectivity index (χ1n) is 8.29. The zero-order chi connectivity index (χ0) is 18.6. The first-order valence-corrected chi connectivity index (χ1v) is 8.29. The van der Waals surface area contributed by atoms with Crippen LogP contribution in [0.1, 0.15) is 12.8 Å². The first-order chi connectivity index (χ1) is 13.0. The molecule has 0 unspecified atom stereocenters. The number of hydrogen-bond donors (Lipinski definition) is 3. The van der Waals surface area contributed by atoms with E-state index in [9.17, 15) is 13.6 Å². The standard InChI is InChI=1S/C17H13F2N5O3/c18-17(19)15(25)22-11-7-9(3-4-12(11)27-17)21-16-23-10-5-6-26-13(10)14(24-16)20-8-1-2-8/h3-8H,1-2H2,(H,22,25)(H2,20,21,23,24). The first kappa shape index (κ1) is 15.8. The number of halogens is 2. The molecule has 2 aliphatic rings. The summed E-state index contributed by atoms with van der Waals surface area (Å²) >= 11 is 0.